The van der Waals surface area contributed by atoms with Crippen LogP contribution >= 0.6 is 0 Å². The topological polar surface area (TPSA) is 61.0 Å². The minimum atomic E-state index is -0.0739. The monoisotopic (exact) mass is 271 g/mol. The Morgan fingerprint density at radius 3 is 2.35 bits per heavy atom. The van der Waals surface area contributed by atoms with Crippen LogP contribution in [0.4, 0.5) is 0 Å². The lowest BCUT2D eigenvalue weighted by Gasteiger charge is -2.18. The Bertz CT molecular complexity index is 587. The molecule has 0 aliphatic rings. The molecule has 0 saturated carbocycles. The minimum Gasteiger partial charge on any atom is -0.481 e. The zero-order chi connectivity index (χ0) is 14.7. The van der Waals surface area contributed by atoms with Gasteiger partial charge in [0.1, 0.15) is 6.33 Å². The van der Waals surface area contributed by atoms with E-state index in [4.69, 9.17) is 10.5 Å². The Balaban J connectivity index is 2.26. The van der Waals surface area contributed by atoms with Crippen molar-refractivity contribution in [3.63, 3.8) is 0 Å². The average molecular weight is 271 g/mol. The summed E-state index contributed by atoms with van der Waals surface area (Å²) in [6, 6.07) is 6.10. The standard InChI is InChI=1S/C16H21N3O/c1-10-5-11(2)16(12(3)6-10)14(17)7-13-8-15(20-4)19-9-18-13/h5-6,8-9,14H,7,17H2,1-4H3. The van der Waals surface area contributed by atoms with Gasteiger partial charge in [0.2, 0.25) is 5.88 Å². The Kier molecular flexibility index (Phi) is 4.35. The SMILES string of the molecule is COc1cc(CC(N)c2c(C)cc(C)cc2C)ncn1. The Morgan fingerprint density at radius 1 is 1.10 bits per heavy atom. The average Bonchev–Trinajstić information content (AvgIpc) is 2.37. The number of nitrogens with zero attached hydrogens (tertiary/aromatic N) is 2. The number of ether oxygens (including phenoxy) is 1. The van der Waals surface area contributed by atoms with Crippen molar-refractivity contribution in [3.05, 3.63) is 52.5 Å². The maximum atomic E-state index is 6.37. The van der Waals surface area contributed by atoms with Gasteiger partial charge in [-0.1, -0.05) is 17.7 Å². The fourth-order valence-electron chi connectivity index (χ4n) is 2.70. The van der Waals surface area contributed by atoms with E-state index in [0.29, 0.717) is 12.3 Å². The molecule has 0 saturated heterocycles. The van der Waals surface area contributed by atoms with Crippen molar-refractivity contribution in [1.82, 2.24) is 9.97 Å². The summed E-state index contributed by atoms with van der Waals surface area (Å²) in [7, 11) is 1.60. The molecule has 2 rings (SSSR count). The number of methoxy groups -OCH3 is 1. The van der Waals surface area contributed by atoms with E-state index in [9.17, 15) is 0 Å². The zero-order valence-corrected chi connectivity index (χ0v) is 12.5. The van der Waals surface area contributed by atoms with Crippen molar-refractivity contribution >= 4 is 0 Å². The molecule has 1 heterocycles. The summed E-state index contributed by atoms with van der Waals surface area (Å²) >= 11 is 0. The van der Waals surface area contributed by atoms with Gasteiger partial charge < -0.3 is 10.5 Å². The van der Waals surface area contributed by atoms with E-state index in [1.54, 1.807) is 7.11 Å². The van der Waals surface area contributed by atoms with Gasteiger partial charge in [0.05, 0.1) is 7.11 Å². The summed E-state index contributed by atoms with van der Waals surface area (Å²) in [5, 5.41) is 0. The van der Waals surface area contributed by atoms with Crippen molar-refractivity contribution < 1.29 is 4.74 Å². The molecule has 4 nitrogen and oxygen atoms in total. The highest BCUT2D eigenvalue weighted by Gasteiger charge is 2.14. The van der Waals surface area contributed by atoms with E-state index in [1.165, 1.54) is 28.6 Å². The molecule has 20 heavy (non-hydrogen) atoms. The van der Waals surface area contributed by atoms with Gasteiger partial charge in [-0.25, -0.2) is 9.97 Å². The van der Waals surface area contributed by atoms with Gasteiger partial charge in [0.25, 0.3) is 0 Å². The van der Waals surface area contributed by atoms with Crippen LogP contribution in [0.2, 0.25) is 0 Å². The number of rotatable bonds is 4. The third-order valence-corrected chi connectivity index (χ3v) is 3.45. The lowest BCUT2D eigenvalue weighted by Crippen LogP contribution is -2.17. The van der Waals surface area contributed by atoms with Crippen LogP contribution in [0.5, 0.6) is 5.88 Å². The van der Waals surface area contributed by atoms with E-state index < -0.39 is 0 Å². The zero-order valence-electron chi connectivity index (χ0n) is 12.5. The molecular formula is C16H21N3O. The molecule has 0 spiro atoms. The molecule has 2 aromatic rings. The van der Waals surface area contributed by atoms with Crippen LogP contribution in [0.3, 0.4) is 0 Å². The van der Waals surface area contributed by atoms with Crippen molar-refractivity contribution in [1.29, 1.82) is 0 Å². The van der Waals surface area contributed by atoms with E-state index in [1.807, 2.05) is 6.07 Å². The molecule has 0 aliphatic carbocycles. The lowest BCUT2D eigenvalue weighted by atomic mass is 9.92. The smallest absolute Gasteiger partial charge is 0.216 e. The molecular weight excluding hydrogens is 250 g/mol. The molecule has 1 aromatic carbocycles. The summed E-state index contributed by atoms with van der Waals surface area (Å²) < 4.78 is 5.11. The second kappa shape index (κ2) is 6.01. The van der Waals surface area contributed by atoms with Crippen LogP contribution in [-0.2, 0) is 6.42 Å². The number of aryl methyl sites for hydroxylation is 3. The van der Waals surface area contributed by atoms with Crippen LogP contribution in [0.25, 0.3) is 0 Å². The highest BCUT2D eigenvalue weighted by Crippen LogP contribution is 2.24. The molecule has 0 aliphatic heterocycles. The summed E-state index contributed by atoms with van der Waals surface area (Å²) in [5.41, 5.74) is 12.2. The first-order valence-electron chi connectivity index (χ1n) is 6.69. The number of hydrogen-bond acceptors (Lipinski definition) is 4. The van der Waals surface area contributed by atoms with Crippen molar-refractivity contribution in [2.75, 3.05) is 7.11 Å². The molecule has 0 amide bonds. The third-order valence-electron chi connectivity index (χ3n) is 3.45. The Labute approximate surface area is 120 Å². The highest BCUT2D eigenvalue weighted by atomic mass is 16.5. The fraction of sp³-hybridized carbons (Fsp3) is 0.375. The second-order valence-electron chi connectivity index (χ2n) is 5.17. The molecule has 0 radical (unpaired) electrons. The van der Waals surface area contributed by atoms with Crippen molar-refractivity contribution in [2.24, 2.45) is 5.73 Å². The van der Waals surface area contributed by atoms with Gasteiger partial charge in [0, 0.05) is 24.2 Å². The highest BCUT2D eigenvalue weighted by molar-refractivity contribution is 5.40. The molecule has 1 atom stereocenters. The minimum absolute atomic E-state index is 0.0739. The lowest BCUT2D eigenvalue weighted by molar-refractivity contribution is 0.395. The van der Waals surface area contributed by atoms with Crippen LogP contribution < -0.4 is 10.5 Å². The summed E-state index contributed by atoms with van der Waals surface area (Å²) in [4.78, 5) is 8.27. The van der Waals surface area contributed by atoms with Gasteiger partial charge >= 0.3 is 0 Å². The van der Waals surface area contributed by atoms with Gasteiger partial charge in [-0.2, -0.15) is 0 Å². The largest absolute Gasteiger partial charge is 0.481 e. The van der Waals surface area contributed by atoms with Crippen molar-refractivity contribution in [3.8, 4) is 5.88 Å². The van der Waals surface area contributed by atoms with E-state index in [0.717, 1.165) is 5.69 Å². The van der Waals surface area contributed by atoms with E-state index >= 15 is 0 Å². The van der Waals surface area contributed by atoms with E-state index in [2.05, 4.69) is 42.9 Å². The predicted molar refractivity (Wildman–Crippen MR) is 79.9 cm³/mol. The van der Waals surface area contributed by atoms with E-state index in [-0.39, 0.29) is 6.04 Å². The number of aromatic nitrogens is 2. The maximum Gasteiger partial charge on any atom is 0.216 e. The maximum absolute atomic E-state index is 6.37. The molecule has 4 heteroatoms. The number of hydrogen-bond donors (Lipinski definition) is 1. The summed E-state index contributed by atoms with van der Waals surface area (Å²) in [6.07, 6.45) is 2.18. The van der Waals surface area contributed by atoms with Crippen molar-refractivity contribution in [2.45, 2.75) is 33.2 Å². The first kappa shape index (κ1) is 14.5. The summed E-state index contributed by atoms with van der Waals surface area (Å²) in [6.45, 7) is 6.32. The molecule has 1 unspecified atom stereocenters. The third kappa shape index (κ3) is 3.14. The number of benzene rings is 1. The Morgan fingerprint density at radius 2 is 1.75 bits per heavy atom. The molecule has 1 aromatic heterocycles. The van der Waals surface area contributed by atoms with Gasteiger partial charge in [0.15, 0.2) is 0 Å². The molecule has 106 valence electrons. The molecule has 2 N–H and O–H groups in total. The quantitative estimate of drug-likeness (QED) is 0.928. The van der Waals surface area contributed by atoms with Crippen LogP contribution in [0, 0.1) is 20.8 Å². The van der Waals surface area contributed by atoms with Crippen LogP contribution in [0.15, 0.2) is 24.5 Å². The van der Waals surface area contributed by atoms with Gasteiger partial charge in [-0.05, 0) is 37.5 Å². The van der Waals surface area contributed by atoms with Crippen LogP contribution in [0.1, 0.15) is 34.0 Å². The first-order valence-corrected chi connectivity index (χ1v) is 6.69. The Hall–Kier alpha value is -1.94. The molecule has 0 bridgehead atoms. The predicted octanol–water partition coefficient (Wildman–Crippen LogP) is 2.65. The van der Waals surface area contributed by atoms with Crippen LogP contribution in [-0.4, -0.2) is 17.1 Å². The second-order valence-corrected chi connectivity index (χ2v) is 5.17. The summed E-state index contributed by atoms with van der Waals surface area (Å²) in [5.74, 6) is 0.569. The van der Waals surface area contributed by atoms with Gasteiger partial charge in [-0.15, -0.1) is 0 Å². The van der Waals surface area contributed by atoms with Gasteiger partial charge in [-0.3, -0.25) is 0 Å². The first-order chi connectivity index (χ1) is 9.51. The fourth-order valence-corrected chi connectivity index (χ4v) is 2.70. The molecule has 0 fully saturated rings. The number of nitrogens with two attached hydrogens (primary N) is 1. The normalized spacial score (nSPS) is 12.2.